The molecule has 0 aromatic carbocycles. The zero-order chi connectivity index (χ0) is 18.8. The molecule has 9 heteroatoms. The Morgan fingerprint density at radius 1 is 1.38 bits per heavy atom. The van der Waals surface area contributed by atoms with Gasteiger partial charge < -0.3 is 10.1 Å². The predicted molar refractivity (Wildman–Crippen MR) is 97.8 cm³/mol. The molecule has 0 radical (unpaired) electrons. The summed E-state index contributed by atoms with van der Waals surface area (Å²) in [6.45, 7) is 5.31. The van der Waals surface area contributed by atoms with Crippen LogP contribution in [0.3, 0.4) is 0 Å². The highest BCUT2D eigenvalue weighted by atomic mass is 32.1. The molecule has 0 bridgehead atoms. The molecule has 26 heavy (non-hydrogen) atoms. The zero-order valence-corrected chi connectivity index (χ0v) is 15.4. The number of pyridine rings is 1. The molecule has 3 rings (SSSR count). The number of rotatable bonds is 5. The molecule has 0 aliphatic carbocycles. The number of nitrogens with zero attached hydrogens (tertiary/aromatic N) is 3. The standard InChI is InChI=1S/C17H18N4O4S/c1-4-25-16(23)13-10(2)9-26-15(13)18-14(22)11(3)21-17(24)20-8-6-5-7-12(20)19-21/h5-9,11H,4H2,1-3H3,(H,18,22). The van der Waals surface area contributed by atoms with E-state index in [1.54, 1.807) is 50.5 Å². The Hall–Kier alpha value is -2.94. The molecule has 0 aliphatic heterocycles. The summed E-state index contributed by atoms with van der Waals surface area (Å²) < 4.78 is 7.52. The average Bonchev–Trinajstić information content (AvgIpc) is 3.15. The van der Waals surface area contributed by atoms with Gasteiger partial charge in [0.05, 0.1) is 12.2 Å². The Morgan fingerprint density at radius 3 is 2.85 bits per heavy atom. The summed E-state index contributed by atoms with van der Waals surface area (Å²) >= 11 is 1.23. The zero-order valence-electron chi connectivity index (χ0n) is 14.6. The van der Waals surface area contributed by atoms with Crippen molar-refractivity contribution in [2.24, 2.45) is 0 Å². The number of hydrogen-bond acceptors (Lipinski definition) is 6. The van der Waals surface area contributed by atoms with E-state index >= 15 is 0 Å². The first kappa shape index (κ1) is 17.9. The fourth-order valence-electron chi connectivity index (χ4n) is 2.51. The minimum Gasteiger partial charge on any atom is -0.462 e. The monoisotopic (exact) mass is 374 g/mol. The van der Waals surface area contributed by atoms with Gasteiger partial charge in [-0.2, -0.15) is 0 Å². The van der Waals surface area contributed by atoms with Crippen LogP contribution in [0.2, 0.25) is 0 Å². The lowest BCUT2D eigenvalue weighted by atomic mass is 10.2. The maximum Gasteiger partial charge on any atom is 0.351 e. The molecule has 0 aliphatic rings. The highest BCUT2D eigenvalue weighted by Gasteiger charge is 2.24. The third kappa shape index (κ3) is 3.13. The average molecular weight is 374 g/mol. The normalized spacial score (nSPS) is 12.1. The third-order valence-corrected chi connectivity index (χ3v) is 4.90. The smallest absolute Gasteiger partial charge is 0.351 e. The fraction of sp³-hybridized carbons (Fsp3) is 0.294. The first-order chi connectivity index (χ1) is 12.4. The van der Waals surface area contributed by atoms with Gasteiger partial charge in [-0.1, -0.05) is 6.07 Å². The van der Waals surface area contributed by atoms with E-state index in [2.05, 4.69) is 10.4 Å². The number of nitrogens with one attached hydrogen (secondary N) is 1. The van der Waals surface area contributed by atoms with E-state index in [4.69, 9.17) is 4.74 Å². The summed E-state index contributed by atoms with van der Waals surface area (Å²) in [4.78, 5) is 37.1. The van der Waals surface area contributed by atoms with Gasteiger partial charge in [-0.3, -0.25) is 9.20 Å². The van der Waals surface area contributed by atoms with Crippen LogP contribution < -0.4 is 11.0 Å². The van der Waals surface area contributed by atoms with E-state index < -0.39 is 23.6 Å². The Morgan fingerprint density at radius 2 is 2.15 bits per heavy atom. The maximum atomic E-state index is 12.6. The molecule has 0 spiro atoms. The molecule has 0 saturated heterocycles. The summed E-state index contributed by atoms with van der Waals surface area (Å²) in [5.41, 5.74) is 1.11. The van der Waals surface area contributed by atoms with Gasteiger partial charge in [-0.15, -0.1) is 16.4 Å². The van der Waals surface area contributed by atoms with Crippen molar-refractivity contribution < 1.29 is 14.3 Å². The van der Waals surface area contributed by atoms with E-state index in [1.165, 1.54) is 15.7 Å². The first-order valence-electron chi connectivity index (χ1n) is 8.06. The molecule has 3 aromatic heterocycles. The summed E-state index contributed by atoms with van der Waals surface area (Å²) in [6, 6.07) is 4.31. The Labute approximate surface area is 153 Å². The molecule has 8 nitrogen and oxygen atoms in total. The molecule has 136 valence electrons. The number of anilines is 1. The van der Waals surface area contributed by atoms with Gasteiger partial charge in [0.15, 0.2) is 5.65 Å². The second kappa shape index (κ2) is 7.12. The van der Waals surface area contributed by atoms with Gasteiger partial charge in [0.1, 0.15) is 11.0 Å². The lowest BCUT2D eigenvalue weighted by molar-refractivity contribution is -0.119. The number of thiophene rings is 1. The molecule has 3 aromatic rings. The van der Waals surface area contributed by atoms with Crippen molar-refractivity contribution in [3.8, 4) is 0 Å². The van der Waals surface area contributed by atoms with Crippen molar-refractivity contribution in [3.63, 3.8) is 0 Å². The second-order valence-electron chi connectivity index (χ2n) is 5.66. The highest BCUT2D eigenvalue weighted by molar-refractivity contribution is 7.15. The number of amides is 1. The lowest BCUT2D eigenvalue weighted by Gasteiger charge is -2.12. The summed E-state index contributed by atoms with van der Waals surface area (Å²) in [5, 5.41) is 9.06. The fourth-order valence-corrected chi connectivity index (χ4v) is 3.45. The van der Waals surface area contributed by atoms with Crippen molar-refractivity contribution in [1.82, 2.24) is 14.2 Å². The number of fused-ring (bicyclic) bond motifs is 1. The van der Waals surface area contributed by atoms with E-state index in [0.717, 1.165) is 10.2 Å². The Balaban J connectivity index is 1.87. The largest absolute Gasteiger partial charge is 0.462 e. The van der Waals surface area contributed by atoms with Crippen molar-refractivity contribution in [2.45, 2.75) is 26.8 Å². The second-order valence-corrected chi connectivity index (χ2v) is 6.54. The van der Waals surface area contributed by atoms with Crippen LogP contribution in [-0.2, 0) is 9.53 Å². The molecular formula is C17H18N4O4S. The van der Waals surface area contributed by atoms with Gasteiger partial charge in [0.2, 0.25) is 5.91 Å². The van der Waals surface area contributed by atoms with E-state index in [1.807, 2.05) is 0 Å². The number of aryl methyl sites for hydroxylation is 1. The van der Waals surface area contributed by atoms with Crippen LogP contribution in [0.4, 0.5) is 5.00 Å². The minimum absolute atomic E-state index is 0.245. The third-order valence-electron chi connectivity index (χ3n) is 3.89. The highest BCUT2D eigenvalue weighted by Crippen LogP contribution is 2.29. The molecule has 0 fully saturated rings. The number of esters is 1. The summed E-state index contributed by atoms with van der Waals surface area (Å²) in [7, 11) is 0. The van der Waals surface area contributed by atoms with E-state index in [9.17, 15) is 14.4 Å². The van der Waals surface area contributed by atoms with Gasteiger partial charge in [0, 0.05) is 6.20 Å². The molecule has 1 unspecified atom stereocenters. The van der Waals surface area contributed by atoms with Crippen molar-refractivity contribution in [2.75, 3.05) is 11.9 Å². The van der Waals surface area contributed by atoms with Crippen LogP contribution >= 0.6 is 11.3 Å². The van der Waals surface area contributed by atoms with Crippen LogP contribution in [-0.4, -0.2) is 32.7 Å². The Bertz CT molecular complexity index is 1030. The first-order valence-corrected chi connectivity index (χ1v) is 8.94. The van der Waals surface area contributed by atoms with Crippen LogP contribution in [0.25, 0.3) is 5.65 Å². The number of hydrogen-bond donors (Lipinski definition) is 1. The molecule has 1 atom stereocenters. The quantitative estimate of drug-likeness (QED) is 0.691. The van der Waals surface area contributed by atoms with Gasteiger partial charge in [-0.25, -0.2) is 14.3 Å². The van der Waals surface area contributed by atoms with Crippen molar-refractivity contribution in [1.29, 1.82) is 0 Å². The number of aromatic nitrogens is 3. The van der Waals surface area contributed by atoms with Crippen molar-refractivity contribution >= 4 is 33.9 Å². The van der Waals surface area contributed by atoms with Crippen molar-refractivity contribution in [3.05, 3.63) is 51.4 Å². The molecule has 0 saturated carbocycles. The van der Waals surface area contributed by atoms with Crippen LogP contribution in [0.15, 0.2) is 34.6 Å². The van der Waals surface area contributed by atoms with Gasteiger partial charge in [-0.05, 0) is 43.8 Å². The topological polar surface area (TPSA) is 94.7 Å². The number of carbonyl (C=O) groups excluding carboxylic acids is 2. The van der Waals surface area contributed by atoms with E-state index in [-0.39, 0.29) is 6.61 Å². The molecule has 3 heterocycles. The molecule has 1 N–H and O–H groups in total. The van der Waals surface area contributed by atoms with Gasteiger partial charge in [0.25, 0.3) is 0 Å². The van der Waals surface area contributed by atoms with Crippen LogP contribution in [0.5, 0.6) is 0 Å². The molecular weight excluding hydrogens is 356 g/mol. The Kier molecular flexibility index (Phi) is 4.90. The predicted octanol–water partition coefficient (Wildman–Crippen LogP) is 2.24. The number of ether oxygens (including phenoxy) is 1. The van der Waals surface area contributed by atoms with Crippen LogP contribution in [0, 0.1) is 6.92 Å². The van der Waals surface area contributed by atoms with Gasteiger partial charge >= 0.3 is 11.7 Å². The SMILES string of the molecule is CCOC(=O)c1c(C)csc1NC(=O)C(C)n1nc2ccccn2c1=O. The van der Waals surface area contributed by atoms with Crippen LogP contribution in [0.1, 0.15) is 35.8 Å². The minimum atomic E-state index is -0.847. The lowest BCUT2D eigenvalue weighted by Crippen LogP contribution is -2.32. The summed E-state index contributed by atoms with van der Waals surface area (Å²) in [6.07, 6.45) is 1.59. The van der Waals surface area contributed by atoms with E-state index in [0.29, 0.717) is 16.2 Å². The molecule has 1 amide bonds. The maximum absolute atomic E-state index is 12.6. The number of carbonyl (C=O) groups is 2. The summed E-state index contributed by atoms with van der Waals surface area (Å²) in [5.74, 6) is -0.929.